The Morgan fingerprint density at radius 1 is 1.32 bits per heavy atom. The van der Waals surface area contributed by atoms with Gasteiger partial charge in [0.25, 0.3) is 0 Å². The van der Waals surface area contributed by atoms with Gasteiger partial charge in [-0.05, 0) is 30.3 Å². The number of phenols is 1. The average molecular weight is 257 g/mol. The first-order chi connectivity index (χ1) is 9.11. The molecule has 1 aromatic heterocycles. The van der Waals surface area contributed by atoms with Crippen LogP contribution in [0.4, 0.5) is 5.69 Å². The van der Waals surface area contributed by atoms with Crippen LogP contribution in [0.25, 0.3) is 0 Å². The molecule has 0 bridgehead atoms. The van der Waals surface area contributed by atoms with Crippen LogP contribution in [-0.2, 0) is 0 Å². The van der Waals surface area contributed by atoms with Crippen molar-refractivity contribution in [3.05, 3.63) is 52.2 Å². The van der Waals surface area contributed by atoms with Crippen molar-refractivity contribution in [3.63, 3.8) is 0 Å². The van der Waals surface area contributed by atoms with E-state index in [1.165, 1.54) is 36.5 Å². The predicted molar refractivity (Wildman–Crippen MR) is 63.8 cm³/mol. The van der Waals surface area contributed by atoms with Crippen LogP contribution in [0.1, 0.15) is 5.56 Å². The molecule has 0 atom stereocenters. The second kappa shape index (κ2) is 5.01. The van der Waals surface area contributed by atoms with E-state index < -0.39 is 10.6 Å². The number of benzene rings is 1. The highest BCUT2D eigenvalue weighted by Gasteiger charge is 2.23. The Hall–Kier alpha value is -3.14. The van der Waals surface area contributed by atoms with Crippen molar-refractivity contribution < 1.29 is 14.8 Å². The Morgan fingerprint density at radius 3 is 2.58 bits per heavy atom. The highest BCUT2D eigenvalue weighted by Crippen LogP contribution is 2.32. The molecule has 94 valence electrons. The van der Waals surface area contributed by atoms with Crippen molar-refractivity contribution in [2.24, 2.45) is 0 Å². The van der Waals surface area contributed by atoms with Crippen molar-refractivity contribution in [1.82, 2.24) is 4.98 Å². The molecule has 7 heteroatoms. The fourth-order valence-electron chi connectivity index (χ4n) is 1.40. The lowest BCUT2D eigenvalue weighted by Crippen LogP contribution is -1.98. The maximum Gasteiger partial charge on any atom is 0.348 e. The van der Waals surface area contributed by atoms with Crippen molar-refractivity contribution in [2.75, 3.05) is 0 Å². The molecule has 0 spiro atoms. The van der Waals surface area contributed by atoms with Crippen molar-refractivity contribution in [2.45, 2.75) is 0 Å². The molecule has 7 nitrogen and oxygen atoms in total. The smallest absolute Gasteiger partial charge is 0.348 e. The maximum atomic E-state index is 10.9. The van der Waals surface area contributed by atoms with E-state index in [0.717, 1.165) is 0 Å². The average Bonchev–Trinajstić information content (AvgIpc) is 2.40. The van der Waals surface area contributed by atoms with Crippen LogP contribution in [0.2, 0.25) is 0 Å². The summed E-state index contributed by atoms with van der Waals surface area (Å²) in [4.78, 5) is 14.0. The maximum absolute atomic E-state index is 10.9. The van der Waals surface area contributed by atoms with E-state index in [1.54, 1.807) is 6.07 Å². The summed E-state index contributed by atoms with van der Waals surface area (Å²) in [6.45, 7) is 0. The summed E-state index contributed by atoms with van der Waals surface area (Å²) < 4.78 is 5.25. The second-order valence-electron chi connectivity index (χ2n) is 3.48. The third kappa shape index (κ3) is 2.58. The first-order valence-corrected chi connectivity index (χ1v) is 5.12. The third-order valence-electron chi connectivity index (χ3n) is 2.24. The number of phenolic OH excluding ortho intramolecular Hbond substituents is 1. The molecule has 0 aliphatic rings. The molecule has 1 N–H and O–H groups in total. The zero-order chi connectivity index (χ0) is 13.8. The van der Waals surface area contributed by atoms with E-state index in [1.807, 2.05) is 0 Å². The van der Waals surface area contributed by atoms with E-state index in [-0.39, 0.29) is 22.9 Å². The first kappa shape index (κ1) is 12.3. The van der Waals surface area contributed by atoms with E-state index >= 15 is 0 Å². The molecule has 0 amide bonds. The Kier molecular flexibility index (Phi) is 3.25. The number of nitro groups is 1. The van der Waals surface area contributed by atoms with Crippen molar-refractivity contribution in [3.8, 4) is 23.4 Å². The monoisotopic (exact) mass is 257 g/mol. The number of ether oxygens (including phenoxy) is 1. The SMILES string of the molecule is N#Cc1ccnc(Oc2ccc(O)cc2)c1[N+](=O)[O-]. The summed E-state index contributed by atoms with van der Waals surface area (Å²) in [5.41, 5.74) is -0.619. The molecular weight excluding hydrogens is 250 g/mol. The summed E-state index contributed by atoms with van der Waals surface area (Å²) in [6.07, 6.45) is 1.25. The van der Waals surface area contributed by atoms with Crippen LogP contribution in [0.15, 0.2) is 36.5 Å². The minimum Gasteiger partial charge on any atom is -0.508 e. The number of rotatable bonds is 3. The number of aromatic hydroxyl groups is 1. The molecule has 0 fully saturated rings. The van der Waals surface area contributed by atoms with Crippen LogP contribution in [0, 0.1) is 21.4 Å². The van der Waals surface area contributed by atoms with Gasteiger partial charge in [0.05, 0.1) is 4.92 Å². The highest BCUT2D eigenvalue weighted by atomic mass is 16.6. The van der Waals surface area contributed by atoms with Gasteiger partial charge in [-0.1, -0.05) is 0 Å². The Labute approximate surface area is 107 Å². The van der Waals surface area contributed by atoms with Crippen LogP contribution in [-0.4, -0.2) is 15.0 Å². The number of hydrogen-bond donors (Lipinski definition) is 1. The molecule has 0 unspecified atom stereocenters. The second-order valence-corrected chi connectivity index (χ2v) is 3.48. The summed E-state index contributed by atoms with van der Waals surface area (Å²) in [5, 5.41) is 28.9. The number of nitrogens with zero attached hydrogens (tertiary/aromatic N) is 3. The number of pyridine rings is 1. The molecule has 1 aromatic carbocycles. The quantitative estimate of drug-likeness (QED) is 0.667. The minimum atomic E-state index is -0.721. The summed E-state index contributed by atoms with van der Waals surface area (Å²) >= 11 is 0. The Balaban J connectivity index is 2.43. The molecule has 0 aliphatic carbocycles. The zero-order valence-electron chi connectivity index (χ0n) is 9.48. The van der Waals surface area contributed by atoms with E-state index in [2.05, 4.69) is 4.98 Å². The number of hydrogen-bond acceptors (Lipinski definition) is 6. The van der Waals surface area contributed by atoms with Crippen molar-refractivity contribution >= 4 is 5.69 Å². The summed E-state index contributed by atoms with van der Waals surface area (Å²) in [6, 6.07) is 8.55. The first-order valence-electron chi connectivity index (χ1n) is 5.12. The van der Waals surface area contributed by atoms with Gasteiger partial charge in [-0.15, -0.1) is 0 Å². The van der Waals surface area contributed by atoms with Gasteiger partial charge in [0.2, 0.25) is 0 Å². The van der Waals surface area contributed by atoms with E-state index in [0.29, 0.717) is 0 Å². The van der Waals surface area contributed by atoms with Gasteiger partial charge in [-0.25, -0.2) is 4.98 Å². The highest BCUT2D eigenvalue weighted by molar-refractivity contribution is 5.55. The van der Waals surface area contributed by atoms with Gasteiger partial charge in [0.15, 0.2) is 0 Å². The predicted octanol–water partition coefficient (Wildman–Crippen LogP) is 2.36. The molecule has 0 saturated heterocycles. The molecule has 19 heavy (non-hydrogen) atoms. The molecule has 0 aliphatic heterocycles. The molecular formula is C12H7N3O4. The normalized spacial score (nSPS) is 9.63. The molecule has 0 saturated carbocycles. The molecule has 1 heterocycles. The molecule has 0 radical (unpaired) electrons. The van der Waals surface area contributed by atoms with Gasteiger partial charge in [-0.2, -0.15) is 5.26 Å². The largest absolute Gasteiger partial charge is 0.508 e. The topological polar surface area (TPSA) is 109 Å². The van der Waals surface area contributed by atoms with Gasteiger partial charge in [0, 0.05) is 6.20 Å². The van der Waals surface area contributed by atoms with Gasteiger partial charge >= 0.3 is 11.6 Å². The molecule has 2 rings (SSSR count). The van der Waals surface area contributed by atoms with Crippen LogP contribution >= 0.6 is 0 Å². The van der Waals surface area contributed by atoms with E-state index in [9.17, 15) is 10.1 Å². The lowest BCUT2D eigenvalue weighted by Gasteiger charge is -2.05. The molecule has 2 aromatic rings. The number of aromatic nitrogens is 1. The third-order valence-corrected chi connectivity index (χ3v) is 2.24. The minimum absolute atomic E-state index is 0.0422. The van der Waals surface area contributed by atoms with Crippen LogP contribution in [0.3, 0.4) is 0 Å². The Morgan fingerprint density at radius 2 is 2.00 bits per heavy atom. The lowest BCUT2D eigenvalue weighted by molar-refractivity contribution is -0.386. The van der Waals surface area contributed by atoms with Gasteiger partial charge in [0.1, 0.15) is 23.1 Å². The zero-order valence-corrected chi connectivity index (χ0v) is 9.48. The van der Waals surface area contributed by atoms with Crippen molar-refractivity contribution in [1.29, 1.82) is 5.26 Å². The Bertz CT molecular complexity index is 662. The fourth-order valence-corrected chi connectivity index (χ4v) is 1.40. The fraction of sp³-hybridized carbons (Fsp3) is 0. The summed E-state index contributed by atoms with van der Waals surface area (Å²) in [5.74, 6) is 0.0406. The number of nitriles is 1. The van der Waals surface area contributed by atoms with Gasteiger partial charge < -0.3 is 9.84 Å². The summed E-state index contributed by atoms with van der Waals surface area (Å²) in [7, 11) is 0. The van der Waals surface area contributed by atoms with Crippen LogP contribution in [0.5, 0.6) is 17.4 Å². The van der Waals surface area contributed by atoms with Gasteiger partial charge in [-0.3, -0.25) is 10.1 Å². The van der Waals surface area contributed by atoms with Crippen LogP contribution < -0.4 is 4.74 Å². The standard InChI is InChI=1S/C12H7N3O4/c13-7-8-5-6-14-12(11(8)15(17)18)19-10-3-1-9(16)2-4-10/h1-6,16H. The van der Waals surface area contributed by atoms with E-state index in [4.69, 9.17) is 15.1 Å². The lowest BCUT2D eigenvalue weighted by atomic mass is 10.2.